The second kappa shape index (κ2) is 9.58. The molecule has 0 aliphatic carbocycles. The fourth-order valence-corrected chi connectivity index (χ4v) is 2.49. The molecule has 144 valence electrons. The number of nitrogens with zero attached hydrogens (tertiary/aromatic N) is 1. The van der Waals surface area contributed by atoms with Crippen LogP contribution in [0.15, 0.2) is 48.0 Å². The molecule has 0 radical (unpaired) electrons. The lowest BCUT2D eigenvalue weighted by atomic mass is 10.1. The number of nitrogens with one attached hydrogen (secondary N) is 1. The number of hydrogen-bond acceptors (Lipinski definition) is 5. The van der Waals surface area contributed by atoms with Crippen molar-refractivity contribution in [3.05, 3.63) is 64.2 Å². The van der Waals surface area contributed by atoms with E-state index in [9.17, 15) is 14.9 Å². The third-order valence-corrected chi connectivity index (χ3v) is 4.10. The maximum absolute atomic E-state index is 12.3. The number of benzene rings is 2. The third-order valence-electron chi connectivity index (χ3n) is 3.80. The lowest BCUT2D eigenvalue weighted by Gasteiger charge is -2.14. The van der Waals surface area contributed by atoms with Gasteiger partial charge in [0.2, 0.25) is 0 Å². The molecule has 0 saturated heterocycles. The van der Waals surface area contributed by atoms with E-state index < -0.39 is 18.0 Å². The van der Waals surface area contributed by atoms with E-state index in [2.05, 4.69) is 5.32 Å². The molecule has 0 aliphatic heterocycles. The zero-order valence-corrected chi connectivity index (χ0v) is 16.4. The Kier molecular flexibility index (Phi) is 7.19. The fraction of sp³-hybridized carbons (Fsp3) is 0.190. The molecule has 2 rings (SSSR count). The summed E-state index contributed by atoms with van der Waals surface area (Å²) in [7, 11) is 1.48. The molecule has 0 bridgehead atoms. The van der Waals surface area contributed by atoms with Crippen LogP contribution in [0.2, 0.25) is 5.02 Å². The molecule has 0 unspecified atom stereocenters. The summed E-state index contributed by atoms with van der Waals surface area (Å²) in [6, 6.07) is 13.8. The summed E-state index contributed by atoms with van der Waals surface area (Å²) in [4.78, 5) is 24.5. The average Bonchev–Trinajstić information content (AvgIpc) is 2.67. The van der Waals surface area contributed by atoms with Crippen LogP contribution >= 0.6 is 11.6 Å². The number of amides is 1. The molecule has 0 heterocycles. The highest BCUT2D eigenvalue weighted by molar-refractivity contribution is 6.32. The van der Waals surface area contributed by atoms with Gasteiger partial charge in [0.05, 0.1) is 12.1 Å². The number of methoxy groups -OCH3 is 1. The Morgan fingerprint density at radius 1 is 1.21 bits per heavy atom. The van der Waals surface area contributed by atoms with Crippen LogP contribution in [-0.2, 0) is 14.3 Å². The minimum atomic E-state index is -1.11. The second-order valence-corrected chi connectivity index (χ2v) is 6.37. The summed E-state index contributed by atoms with van der Waals surface area (Å²) >= 11 is 6.02. The Balaban J connectivity index is 2.03. The minimum absolute atomic E-state index is 0.198. The maximum Gasteiger partial charge on any atom is 0.349 e. The lowest BCUT2D eigenvalue weighted by Crippen LogP contribution is -2.30. The molecule has 0 aromatic heterocycles. The number of carbonyl (C=O) groups is 2. The molecular formula is C21H19ClN2O4. The quantitative estimate of drug-likeness (QED) is 0.449. The number of carbonyl (C=O) groups excluding carboxylic acids is 2. The zero-order valence-electron chi connectivity index (χ0n) is 15.7. The molecule has 2 aromatic rings. The fourth-order valence-electron chi connectivity index (χ4n) is 2.23. The summed E-state index contributed by atoms with van der Waals surface area (Å²) in [6.07, 6.45) is 0.304. The number of halogens is 1. The maximum atomic E-state index is 12.3. The predicted octanol–water partition coefficient (Wildman–Crippen LogP) is 4.13. The molecule has 2 aromatic carbocycles. The van der Waals surface area contributed by atoms with E-state index in [1.807, 2.05) is 19.1 Å². The van der Waals surface area contributed by atoms with Crippen LogP contribution < -0.4 is 10.1 Å². The van der Waals surface area contributed by atoms with Crippen molar-refractivity contribution in [1.29, 1.82) is 5.26 Å². The van der Waals surface area contributed by atoms with Crippen molar-refractivity contribution in [3.8, 4) is 11.8 Å². The van der Waals surface area contributed by atoms with Crippen LogP contribution in [0.3, 0.4) is 0 Å². The molecular weight excluding hydrogens is 380 g/mol. The minimum Gasteiger partial charge on any atom is -0.495 e. The molecule has 1 atom stereocenters. The van der Waals surface area contributed by atoms with Crippen LogP contribution in [0.1, 0.15) is 18.1 Å². The number of aryl methyl sites for hydroxylation is 1. The first kappa shape index (κ1) is 21.0. The Bertz CT molecular complexity index is 946. The van der Waals surface area contributed by atoms with Gasteiger partial charge in [-0.2, -0.15) is 5.26 Å². The molecule has 0 saturated carbocycles. The SMILES string of the molecule is COc1ccc(NC(=O)[C@H](C)OC(=O)/C(C#N)=C/c2ccc(C)cc2)cc1Cl. The number of nitriles is 1. The first-order chi connectivity index (χ1) is 13.3. The van der Waals surface area contributed by atoms with Crippen LogP contribution in [0.25, 0.3) is 6.08 Å². The van der Waals surface area contributed by atoms with Gasteiger partial charge in [-0.25, -0.2) is 4.79 Å². The van der Waals surface area contributed by atoms with Crippen LogP contribution in [0.4, 0.5) is 5.69 Å². The molecule has 7 heteroatoms. The van der Waals surface area contributed by atoms with Crippen LogP contribution in [0.5, 0.6) is 5.75 Å². The van der Waals surface area contributed by atoms with Crippen molar-refractivity contribution in [2.45, 2.75) is 20.0 Å². The molecule has 1 amide bonds. The smallest absolute Gasteiger partial charge is 0.349 e. The van der Waals surface area contributed by atoms with Crippen molar-refractivity contribution in [3.63, 3.8) is 0 Å². The number of anilines is 1. The van der Waals surface area contributed by atoms with Gasteiger partial charge in [0.25, 0.3) is 5.91 Å². The van der Waals surface area contributed by atoms with E-state index in [0.29, 0.717) is 22.0 Å². The predicted molar refractivity (Wildman–Crippen MR) is 107 cm³/mol. The topological polar surface area (TPSA) is 88.4 Å². The van der Waals surface area contributed by atoms with Gasteiger partial charge in [-0.3, -0.25) is 4.79 Å². The number of ether oxygens (including phenoxy) is 2. The van der Waals surface area contributed by atoms with Crippen molar-refractivity contribution >= 4 is 35.2 Å². The lowest BCUT2D eigenvalue weighted by molar-refractivity contribution is -0.148. The highest BCUT2D eigenvalue weighted by atomic mass is 35.5. The van der Waals surface area contributed by atoms with Gasteiger partial charge in [-0.1, -0.05) is 41.4 Å². The molecule has 0 spiro atoms. The van der Waals surface area contributed by atoms with Gasteiger partial charge in [0, 0.05) is 5.69 Å². The standard InChI is InChI=1S/C21H19ClN2O4/c1-13-4-6-15(7-5-13)10-16(12-23)21(26)28-14(2)20(25)24-17-8-9-19(27-3)18(22)11-17/h4-11,14H,1-3H3,(H,24,25)/b16-10+/t14-/m0/s1. The highest BCUT2D eigenvalue weighted by Crippen LogP contribution is 2.27. The van der Waals surface area contributed by atoms with Gasteiger partial charge in [-0.05, 0) is 43.7 Å². The molecule has 6 nitrogen and oxygen atoms in total. The number of esters is 1. The number of hydrogen-bond donors (Lipinski definition) is 1. The van der Waals surface area contributed by atoms with E-state index >= 15 is 0 Å². The number of rotatable bonds is 6. The van der Waals surface area contributed by atoms with Crippen molar-refractivity contribution in [2.24, 2.45) is 0 Å². The molecule has 0 fully saturated rings. The Morgan fingerprint density at radius 2 is 1.89 bits per heavy atom. The van der Waals surface area contributed by atoms with Crippen molar-refractivity contribution < 1.29 is 19.1 Å². The Labute approximate surface area is 168 Å². The summed E-state index contributed by atoms with van der Waals surface area (Å²) < 4.78 is 10.2. The van der Waals surface area contributed by atoms with E-state index in [1.165, 1.54) is 26.2 Å². The second-order valence-electron chi connectivity index (χ2n) is 5.97. The first-order valence-corrected chi connectivity index (χ1v) is 8.75. The summed E-state index contributed by atoms with van der Waals surface area (Å²) in [6.45, 7) is 3.35. The summed E-state index contributed by atoms with van der Waals surface area (Å²) in [5.41, 5.74) is 1.97. The third kappa shape index (κ3) is 5.60. The average molecular weight is 399 g/mol. The van der Waals surface area contributed by atoms with Crippen molar-refractivity contribution in [1.82, 2.24) is 0 Å². The van der Waals surface area contributed by atoms with E-state index in [4.69, 9.17) is 21.1 Å². The molecule has 1 N–H and O–H groups in total. The van der Waals surface area contributed by atoms with Gasteiger partial charge in [0.15, 0.2) is 6.10 Å². The van der Waals surface area contributed by atoms with Crippen molar-refractivity contribution in [2.75, 3.05) is 12.4 Å². The summed E-state index contributed by atoms with van der Waals surface area (Å²) in [5.74, 6) is -0.959. The monoisotopic (exact) mass is 398 g/mol. The van der Waals surface area contributed by atoms with E-state index in [1.54, 1.807) is 30.3 Å². The van der Waals surface area contributed by atoms with Gasteiger partial charge in [0.1, 0.15) is 17.4 Å². The van der Waals surface area contributed by atoms with Gasteiger partial charge < -0.3 is 14.8 Å². The van der Waals surface area contributed by atoms with E-state index in [0.717, 1.165) is 5.56 Å². The summed E-state index contributed by atoms with van der Waals surface area (Å²) in [5, 5.41) is 12.2. The normalized spacial score (nSPS) is 11.9. The van der Waals surface area contributed by atoms with Gasteiger partial charge in [-0.15, -0.1) is 0 Å². The zero-order chi connectivity index (χ0) is 20.7. The van der Waals surface area contributed by atoms with E-state index in [-0.39, 0.29) is 5.57 Å². The first-order valence-electron chi connectivity index (χ1n) is 8.38. The highest BCUT2D eigenvalue weighted by Gasteiger charge is 2.21. The Morgan fingerprint density at radius 3 is 2.46 bits per heavy atom. The molecule has 28 heavy (non-hydrogen) atoms. The largest absolute Gasteiger partial charge is 0.495 e. The Hall–Kier alpha value is -3.30. The van der Waals surface area contributed by atoms with Crippen LogP contribution in [0, 0.1) is 18.3 Å². The van der Waals surface area contributed by atoms with Gasteiger partial charge >= 0.3 is 5.97 Å². The molecule has 0 aliphatic rings. The van der Waals surface area contributed by atoms with Crippen LogP contribution in [-0.4, -0.2) is 25.1 Å².